The van der Waals surface area contributed by atoms with Gasteiger partial charge in [-0.25, -0.2) is 14.8 Å². The van der Waals surface area contributed by atoms with Crippen molar-refractivity contribution in [2.45, 2.75) is 56.7 Å². The smallest absolute Gasteiger partial charge is 0.351 e. The van der Waals surface area contributed by atoms with Crippen molar-refractivity contribution < 1.29 is 22.8 Å². The Hall–Kier alpha value is -3.43. The second-order valence-corrected chi connectivity index (χ2v) is 13.1. The highest BCUT2D eigenvalue weighted by atomic mass is 32.2. The molecule has 6 rings (SSSR count). The molecular formula is C30H38F3N9O2S. The van der Waals surface area contributed by atoms with Gasteiger partial charge in [-0.2, -0.15) is 18.3 Å². The van der Waals surface area contributed by atoms with Crippen LogP contribution < -0.4 is 15.5 Å². The predicted molar refractivity (Wildman–Crippen MR) is 167 cm³/mol. The van der Waals surface area contributed by atoms with E-state index in [9.17, 15) is 22.8 Å². The van der Waals surface area contributed by atoms with Gasteiger partial charge in [0.25, 0.3) is 0 Å². The minimum atomic E-state index is -4.43. The van der Waals surface area contributed by atoms with Crippen LogP contribution in [0.4, 0.5) is 29.7 Å². The summed E-state index contributed by atoms with van der Waals surface area (Å²) in [5.41, 5.74) is 1.45. The fourth-order valence-electron chi connectivity index (χ4n) is 6.31. The van der Waals surface area contributed by atoms with Crippen LogP contribution in [-0.4, -0.2) is 92.0 Å². The summed E-state index contributed by atoms with van der Waals surface area (Å²) in [5.74, 6) is 2.12. The molecule has 3 aliphatic rings. The molecule has 242 valence electrons. The molecule has 11 nitrogen and oxygen atoms in total. The monoisotopic (exact) mass is 645 g/mol. The maximum absolute atomic E-state index is 12.7. The van der Waals surface area contributed by atoms with Crippen molar-refractivity contribution in [1.29, 1.82) is 0 Å². The number of rotatable bonds is 9. The first-order chi connectivity index (χ1) is 21.6. The third kappa shape index (κ3) is 7.52. The molecular weight excluding hydrogens is 607 g/mol. The van der Waals surface area contributed by atoms with Crippen molar-refractivity contribution in [3.8, 4) is 0 Å². The number of halogens is 3. The van der Waals surface area contributed by atoms with Gasteiger partial charge in [-0.3, -0.25) is 24.0 Å². The molecule has 0 saturated carbocycles. The Morgan fingerprint density at radius 1 is 1.02 bits per heavy atom. The van der Waals surface area contributed by atoms with Crippen molar-refractivity contribution in [3.05, 3.63) is 41.7 Å². The lowest BCUT2D eigenvalue weighted by Gasteiger charge is -2.33. The van der Waals surface area contributed by atoms with Crippen molar-refractivity contribution >= 4 is 46.6 Å². The number of anilines is 2. The van der Waals surface area contributed by atoms with Gasteiger partial charge in [0, 0.05) is 62.7 Å². The number of aryl methyl sites for hydroxylation is 1. The van der Waals surface area contributed by atoms with Crippen LogP contribution in [0.5, 0.6) is 0 Å². The summed E-state index contributed by atoms with van der Waals surface area (Å²) >= 11 is 1.88. The van der Waals surface area contributed by atoms with Gasteiger partial charge in [-0.1, -0.05) is 18.0 Å². The number of imide groups is 1. The highest BCUT2D eigenvalue weighted by molar-refractivity contribution is 7.97. The number of carbonyl (C=O) groups is 2. The number of alkyl halides is 3. The fraction of sp³-hybridized carbons (Fsp3) is 0.567. The Morgan fingerprint density at radius 2 is 1.76 bits per heavy atom. The molecule has 2 aromatic heterocycles. The summed E-state index contributed by atoms with van der Waals surface area (Å²) in [6, 6.07) is 6.15. The molecule has 3 fully saturated rings. The van der Waals surface area contributed by atoms with Crippen LogP contribution in [0.3, 0.4) is 0 Å². The summed E-state index contributed by atoms with van der Waals surface area (Å²) in [4.78, 5) is 35.7. The topological polar surface area (TPSA) is 112 Å². The first-order valence-corrected chi connectivity index (χ1v) is 16.4. The van der Waals surface area contributed by atoms with Crippen molar-refractivity contribution in [1.82, 2.24) is 34.3 Å². The lowest BCUT2D eigenvalue weighted by molar-refractivity contribution is -0.138. The van der Waals surface area contributed by atoms with E-state index in [1.54, 1.807) is 4.90 Å². The number of hydrogen-bond acceptors (Lipinski definition) is 9. The molecule has 0 unspecified atom stereocenters. The Bertz CT molecular complexity index is 1500. The molecule has 3 saturated heterocycles. The lowest BCUT2D eigenvalue weighted by Crippen LogP contribution is -2.49. The molecule has 0 radical (unpaired) electrons. The second-order valence-electron chi connectivity index (χ2n) is 11.9. The van der Waals surface area contributed by atoms with Gasteiger partial charge in [-0.15, -0.1) is 0 Å². The van der Waals surface area contributed by atoms with Crippen molar-refractivity contribution in [2.24, 2.45) is 7.05 Å². The molecule has 2 N–H and O–H groups in total. The molecule has 0 bridgehead atoms. The number of carbonyl (C=O) groups excluding carboxylic acids is 2. The third-order valence-electron chi connectivity index (χ3n) is 8.88. The standard InChI is InChI=1S/C30H38F3N9O2S/c1-39-25-17-21(3-4-24(25)27(38-39)42-15-9-26(43)37-29(42)44)20-5-11-40(12-6-20)10-2-16-45-41-13-7-23(8-14-41)36-28-34-18-22(19-35-28)30(31,32)33/h3-4,17-20,23H,2,5-16H2,1H3,(H,34,35,36)(H,37,43,44). The van der Waals surface area contributed by atoms with E-state index in [2.05, 4.69) is 53.1 Å². The molecule has 0 spiro atoms. The summed E-state index contributed by atoms with van der Waals surface area (Å²) in [7, 11) is 1.89. The Labute approximate surface area is 264 Å². The zero-order valence-corrected chi connectivity index (χ0v) is 26.0. The van der Waals surface area contributed by atoms with Crippen molar-refractivity contribution in [3.63, 3.8) is 0 Å². The maximum atomic E-state index is 12.7. The lowest BCUT2D eigenvalue weighted by atomic mass is 9.89. The second kappa shape index (κ2) is 13.5. The predicted octanol–water partition coefficient (Wildman–Crippen LogP) is 4.62. The van der Waals surface area contributed by atoms with Gasteiger partial charge in [0.1, 0.15) is 0 Å². The highest BCUT2D eigenvalue weighted by Gasteiger charge is 2.32. The average Bonchev–Trinajstić information content (AvgIpc) is 3.35. The summed E-state index contributed by atoms with van der Waals surface area (Å²) in [6.07, 6.45) is 2.59. The van der Waals surface area contributed by atoms with E-state index in [-0.39, 0.29) is 24.3 Å². The van der Waals surface area contributed by atoms with E-state index in [1.807, 2.05) is 23.7 Å². The van der Waals surface area contributed by atoms with Crippen LogP contribution in [-0.2, 0) is 18.0 Å². The summed E-state index contributed by atoms with van der Waals surface area (Å²) in [6.45, 7) is 5.37. The average molecular weight is 646 g/mol. The number of nitrogens with one attached hydrogen (secondary N) is 2. The fourth-order valence-corrected chi connectivity index (χ4v) is 7.29. The molecule has 3 aliphatic heterocycles. The van der Waals surface area contributed by atoms with Crippen LogP contribution >= 0.6 is 11.9 Å². The first-order valence-electron chi connectivity index (χ1n) is 15.5. The minimum Gasteiger partial charge on any atom is -0.351 e. The van der Waals surface area contributed by atoms with Gasteiger partial charge in [0.05, 0.1) is 11.1 Å². The van der Waals surface area contributed by atoms with Gasteiger partial charge >= 0.3 is 12.2 Å². The zero-order chi connectivity index (χ0) is 31.6. The quantitative estimate of drug-likeness (QED) is 0.254. The zero-order valence-electron chi connectivity index (χ0n) is 25.2. The normalized spacial score (nSPS) is 19.8. The van der Waals surface area contributed by atoms with Gasteiger partial charge in [-0.05, 0) is 75.4 Å². The number of amides is 3. The Balaban J connectivity index is 0.899. The van der Waals surface area contributed by atoms with Crippen LogP contribution in [0.15, 0.2) is 30.6 Å². The number of nitrogens with zero attached hydrogens (tertiary/aromatic N) is 7. The van der Waals surface area contributed by atoms with E-state index in [4.69, 9.17) is 0 Å². The largest absolute Gasteiger partial charge is 0.419 e. The Kier molecular flexibility index (Phi) is 9.47. The number of benzene rings is 1. The summed E-state index contributed by atoms with van der Waals surface area (Å²) in [5, 5.41) is 11.1. The number of likely N-dealkylation sites (tertiary alicyclic amines) is 1. The van der Waals surface area contributed by atoms with Crippen LogP contribution in [0.1, 0.15) is 55.6 Å². The van der Waals surface area contributed by atoms with E-state index in [0.29, 0.717) is 18.3 Å². The number of urea groups is 1. The number of fused-ring (bicyclic) bond motifs is 1. The molecule has 5 heterocycles. The van der Waals surface area contributed by atoms with E-state index < -0.39 is 17.8 Å². The van der Waals surface area contributed by atoms with E-state index in [1.165, 1.54) is 5.56 Å². The molecule has 0 atom stereocenters. The van der Waals surface area contributed by atoms with Crippen LogP contribution in [0.25, 0.3) is 10.9 Å². The first kappa shape index (κ1) is 31.5. The van der Waals surface area contributed by atoms with Gasteiger partial charge < -0.3 is 10.2 Å². The molecule has 3 aromatic rings. The molecule has 1 aromatic carbocycles. The third-order valence-corrected chi connectivity index (χ3v) is 10.1. The summed E-state index contributed by atoms with van der Waals surface area (Å²) < 4.78 is 42.4. The van der Waals surface area contributed by atoms with Gasteiger partial charge in [0.2, 0.25) is 11.9 Å². The highest BCUT2D eigenvalue weighted by Crippen LogP contribution is 2.34. The number of hydrogen-bond donors (Lipinski definition) is 2. The Morgan fingerprint density at radius 3 is 2.44 bits per heavy atom. The molecule has 45 heavy (non-hydrogen) atoms. The number of aromatic nitrogens is 4. The van der Waals surface area contributed by atoms with Crippen molar-refractivity contribution in [2.75, 3.05) is 55.2 Å². The molecule has 3 amide bonds. The number of piperidine rings is 2. The minimum absolute atomic E-state index is 0.156. The van der Waals surface area contributed by atoms with E-state index in [0.717, 1.165) is 93.9 Å². The van der Waals surface area contributed by atoms with Gasteiger partial charge in [0.15, 0.2) is 5.82 Å². The van der Waals surface area contributed by atoms with E-state index >= 15 is 0 Å². The molecule has 0 aliphatic carbocycles. The maximum Gasteiger partial charge on any atom is 0.419 e. The van der Waals surface area contributed by atoms with Crippen LogP contribution in [0.2, 0.25) is 0 Å². The molecule has 15 heteroatoms. The SMILES string of the molecule is Cn1nc(N2CCC(=O)NC2=O)c2ccc(C3CCN(CCCSN4CCC(Nc5ncc(C(F)(F)F)cn5)CC4)CC3)cc21. The van der Waals surface area contributed by atoms with Crippen LogP contribution in [0, 0.1) is 0 Å².